The minimum Gasteiger partial charge on any atom is -0.399 e. The first-order chi connectivity index (χ1) is 9.38. The standard InChI is InChI=1S/C13H8F4N2O/c14-9-3-6(18)1-2-8(9)13(20)19-7-4-10(15)12(17)11(16)5-7/h1-5H,18H2,(H,19,20). The molecule has 0 aromatic heterocycles. The van der Waals surface area contributed by atoms with Crippen LogP contribution in [0.1, 0.15) is 10.4 Å². The van der Waals surface area contributed by atoms with E-state index in [9.17, 15) is 22.4 Å². The molecule has 3 nitrogen and oxygen atoms in total. The molecule has 0 fully saturated rings. The molecule has 1 amide bonds. The molecule has 0 aliphatic rings. The molecule has 2 aromatic carbocycles. The van der Waals surface area contributed by atoms with E-state index in [0.717, 1.165) is 12.1 Å². The molecule has 0 saturated heterocycles. The van der Waals surface area contributed by atoms with Crippen LogP contribution in [0.3, 0.4) is 0 Å². The summed E-state index contributed by atoms with van der Waals surface area (Å²) in [6.07, 6.45) is 0. The SMILES string of the molecule is Nc1ccc(C(=O)Nc2cc(F)c(F)c(F)c2)c(F)c1. The predicted octanol–water partition coefficient (Wildman–Crippen LogP) is 3.08. The normalized spacial score (nSPS) is 10.4. The second kappa shape index (κ2) is 5.20. The molecule has 0 aliphatic heterocycles. The lowest BCUT2D eigenvalue weighted by Crippen LogP contribution is -2.14. The van der Waals surface area contributed by atoms with E-state index in [0.29, 0.717) is 12.1 Å². The number of carbonyl (C=O) groups is 1. The largest absolute Gasteiger partial charge is 0.399 e. The number of amides is 1. The van der Waals surface area contributed by atoms with Crippen LogP contribution in [-0.2, 0) is 0 Å². The predicted molar refractivity (Wildman–Crippen MR) is 65.1 cm³/mol. The Morgan fingerprint density at radius 2 is 1.55 bits per heavy atom. The number of nitrogens with two attached hydrogens (primary N) is 1. The van der Waals surface area contributed by atoms with E-state index >= 15 is 0 Å². The number of anilines is 2. The molecule has 3 N–H and O–H groups in total. The van der Waals surface area contributed by atoms with Crippen molar-refractivity contribution >= 4 is 17.3 Å². The Hall–Kier alpha value is -2.57. The monoisotopic (exact) mass is 284 g/mol. The molecule has 0 bridgehead atoms. The van der Waals surface area contributed by atoms with Crippen molar-refractivity contribution in [3.63, 3.8) is 0 Å². The highest BCUT2D eigenvalue weighted by Crippen LogP contribution is 2.19. The fourth-order valence-corrected chi connectivity index (χ4v) is 1.54. The molecule has 0 saturated carbocycles. The van der Waals surface area contributed by atoms with Crippen LogP contribution in [0.15, 0.2) is 30.3 Å². The van der Waals surface area contributed by atoms with E-state index < -0.39 is 29.2 Å². The van der Waals surface area contributed by atoms with Crippen LogP contribution in [0.25, 0.3) is 0 Å². The first kappa shape index (κ1) is 13.9. The second-order valence-electron chi connectivity index (χ2n) is 3.95. The van der Waals surface area contributed by atoms with Gasteiger partial charge in [-0.2, -0.15) is 0 Å². The topological polar surface area (TPSA) is 55.1 Å². The Bertz CT molecular complexity index is 665. The molecule has 104 valence electrons. The van der Waals surface area contributed by atoms with E-state index in [4.69, 9.17) is 5.73 Å². The first-order valence-electron chi connectivity index (χ1n) is 5.39. The Morgan fingerprint density at radius 3 is 2.10 bits per heavy atom. The van der Waals surface area contributed by atoms with Crippen molar-refractivity contribution in [3.05, 3.63) is 59.2 Å². The van der Waals surface area contributed by atoms with E-state index in [1.54, 1.807) is 0 Å². The minimum absolute atomic E-state index is 0.123. The molecule has 20 heavy (non-hydrogen) atoms. The van der Waals surface area contributed by atoms with E-state index in [2.05, 4.69) is 5.32 Å². The summed E-state index contributed by atoms with van der Waals surface area (Å²) >= 11 is 0. The van der Waals surface area contributed by atoms with Gasteiger partial charge in [0.2, 0.25) is 0 Å². The molecule has 0 heterocycles. The summed E-state index contributed by atoms with van der Waals surface area (Å²) in [5, 5.41) is 2.06. The molecular formula is C13H8F4N2O. The van der Waals surface area contributed by atoms with Gasteiger partial charge in [0.05, 0.1) is 5.56 Å². The van der Waals surface area contributed by atoms with Crippen LogP contribution in [0.4, 0.5) is 28.9 Å². The van der Waals surface area contributed by atoms with Gasteiger partial charge in [0, 0.05) is 23.5 Å². The summed E-state index contributed by atoms with van der Waals surface area (Å²) in [6.45, 7) is 0. The lowest BCUT2D eigenvalue weighted by molar-refractivity contribution is 0.102. The van der Waals surface area contributed by atoms with Gasteiger partial charge in [-0.15, -0.1) is 0 Å². The Kier molecular flexibility index (Phi) is 3.60. The van der Waals surface area contributed by atoms with E-state index in [1.807, 2.05) is 0 Å². The number of halogens is 4. The van der Waals surface area contributed by atoms with Crippen molar-refractivity contribution in [2.45, 2.75) is 0 Å². The maximum atomic E-state index is 13.5. The lowest BCUT2D eigenvalue weighted by Gasteiger charge is -2.07. The zero-order valence-electron chi connectivity index (χ0n) is 9.88. The van der Waals surface area contributed by atoms with Crippen LogP contribution in [0.5, 0.6) is 0 Å². The molecule has 7 heteroatoms. The van der Waals surface area contributed by atoms with Gasteiger partial charge < -0.3 is 11.1 Å². The zero-order chi connectivity index (χ0) is 14.9. The van der Waals surface area contributed by atoms with Gasteiger partial charge in [-0.25, -0.2) is 17.6 Å². The summed E-state index contributed by atoms with van der Waals surface area (Å²) in [5.41, 5.74) is 4.76. The number of rotatable bonds is 2. The van der Waals surface area contributed by atoms with Crippen molar-refractivity contribution in [3.8, 4) is 0 Å². The fraction of sp³-hybridized carbons (Fsp3) is 0. The van der Waals surface area contributed by atoms with Crippen molar-refractivity contribution in [1.82, 2.24) is 0 Å². The fourth-order valence-electron chi connectivity index (χ4n) is 1.54. The van der Waals surface area contributed by atoms with E-state index in [-0.39, 0.29) is 16.9 Å². The number of carbonyl (C=O) groups excluding carboxylic acids is 1. The van der Waals surface area contributed by atoms with Gasteiger partial charge in [0.25, 0.3) is 5.91 Å². The minimum atomic E-state index is -1.65. The average molecular weight is 284 g/mol. The molecule has 0 aliphatic carbocycles. The average Bonchev–Trinajstić information content (AvgIpc) is 2.35. The summed E-state index contributed by atoms with van der Waals surface area (Å²) in [6, 6.07) is 4.53. The van der Waals surface area contributed by atoms with Gasteiger partial charge >= 0.3 is 0 Å². The summed E-state index contributed by atoms with van der Waals surface area (Å²) in [7, 11) is 0. The summed E-state index contributed by atoms with van der Waals surface area (Å²) in [4.78, 5) is 11.7. The third-order valence-electron chi connectivity index (χ3n) is 2.48. The van der Waals surface area contributed by atoms with Gasteiger partial charge in [-0.1, -0.05) is 0 Å². The smallest absolute Gasteiger partial charge is 0.258 e. The number of benzene rings is 2. The van der Waals surface area contributed by atoms with Crippen LogP contribution >= 0.6 is 0 Å². The first-order valence-corrected chi connectivity index (χ1v) is 5.39. The molecule has 0 unspecified atom stereocenters. The van der Waals surface area contributed by atoms with Crippen LogP contribution < -0.4 is 11.1 Å². The van der Waals surface area contributed by atoms with Crippen molar-refractivity contribution in [2.24, 2.45) is 0 Å². The number of hydrogen-bond acceptors (Lipinski definition) is 2. The van der Waals surface area contributed by atoms with Crippen LogP contribution in [0, 0.1) is 23.3 Å². The van der Waals surface area contributed by atoms with Crippen LogP contribution in [0.2, 0.25) is 0 Å². The third kappa shape index (κ3) is 2.71. The quantitative estimate of drug-likeness (QED) is 0.506. The third-order valence-corrected chi connectivity index (χ3v) is 2.48. The maximum Gasteiger partial charge on any atom is 0.258 e. The Labute approximate surface area is 111 Å². The highest BCUT2D eigenvalue weighted by Gasteiger charge is 2.15. The van der Waals surface area contributed by atoms with Gasteiger partial charge in [0.15, 0.2) is 17.5 Å². The van der Waals surface area contributed by atoms with E-state index in [1.165, 1.54) is 6.07 Å². The Morgan fingerprint density at radius 1 is 0.950 bits per heavy atom. The number of hydrogen-bond donors (Lipinski definition) is 2. The highest BCUT2D eigenvalue weighted by molar-refractivity contribution is 6.04. The molecule has 0 atom stereocenters. The van der Waals surface area contributed by atoms with Crippen molar-refractivity contribution in [2.75, 3.05) is 11.1 Å². The molecule has 2 aromatic rings. The maximum absolute atomic E-state index is 13.5. The summed E-state index contributed by atoms with van der Waals surface area (Å²) in [5.74, 6) is -6.39. The van der Waals surface area contributed by atoms with Crippen LogP contribution in [-0.4, -0.2) is 5.91 Å². The second-order valence-corrected chi connectivity index (χ2v) is 3.95. The molecule has 0 spiro atoms. The van der Waals surface area contributed by atoms with Crippen molar-refractivity contribution in [1.29, 1.82) is 0 Å². The zero-order valence-corrected chi connectivity index (χ0v) is 9.88. The van der Waals surface area contributed by atoms with Crippen molar-refractivity contribution < 1.29 is 22.4 Å². The molecule has 2 rings (SSSR count). The van der Waals surface area contributed by atoms with Gasteiger partial charge in [-0.05, 0) is 18.2 Å². The molecule has 0 radical (unpaired) electrons. The summed E-state index contributed by atoms with van der Waals surface area (Å²) < 4.78 is 52.2. The number of nitrogens with one attached hydrogen (secondary N) is 1. The highest BCUT2D eigenvalue weighted by atomic mass is 19.2. The lowest BCUT2D eigenvalue weighted by atomic mass is 10.1. The van der Waals surface area contributed by atoms with Gasteiger partial charge in [0.1, 0.15) is 5.82 Å². The number of nitrogen functional groups attached to an aromatic ring is 1. The molecular weight excluding hydrogens is 276 g/mol. The van der Waals surface area contributed by atoms with Gasteiger partial charge in [-0.3, -0.25) is 4.79 Å². The Balaban J connectivity index is 2.28.